The van der Waals surface area contributed by atoms with E-state index in [9.17, 15) is 13.2 Å². The molecule has 0 aliphatic carbocycles. The monoisotopic (exact) mass is 260 g/mol. The molecule has 1 unspecified atom stereocenters. The minimum absolute atomic E-state index is 0.0213. The molecule has 0 radical (unpaired) electrons. The van der Waals surface area contributed by atoms with E-state index < -0.39 is 27.3 Å². The molecular weight excluding hydrogens is 244 g/mol. The van der Waals surface area contributed by atoms with Gasteiger partial charge in [0.25, 0.3) is 0 Å². The van der Waals surface area contributed by atoms with E-state index in [1.807, 2.05) is 0 Å². The van der Waals surface area contributed by atoms with Gasteiger partial charge >= 0.3 is 5.97 Å². The molecule has 0 saturated heterocycles. The van der Waals surface area contributed by atoms with Crippen LogP contribution in [0.2, 0.25) is 0 Å². The summed E-state index contributed by atoms with van der Waals surface area (Å²) in [6.07, 6.45) is 3.47. The van der Waals surface area contributed by atoms with Crippen LogP contribution in [0.1, 0.15) is 26.8 Å². The number of carboxylic acid groups (broad SMARTS) is 1. The Labute approximate surface area is 100 Å². The lowest BCUT2D eigenvalue weighted by molar-refractivity contribution is -0.144. The first kappa shape index (κ1) is 13.7. The van der Waals surface area contributed by atoms with Crippen LogP contribution < -0.4 is 0 Å². The number of rotatable bonds is 3. The van der Waals surface area contributed by atoms with Crippen LogP contribution in [0.25, 0.3) is 0 Å². The van der Waals surface area contributed by atoms with Gasteiger partial charge in [-0.2, -0.15) is 5.10 Å². The van der Waals surface area contributed by atoms with Crippen molar-refractivity contribution in [1.82, 2.24) is 9.78 Å². The average Bonchev–Trinajstić information content (AvgIpc) is 2.47. The van der Waals surface area contributed by atoms with Crippen LogP contribution in [0.15, 0.2) is 17.3 Å². The SMILES string of the molecule is CC(C)(C)C(C(=O)O)n1cc(S(C)(=O)=O)cn1. The summed E-state index contributed by atoms with van der Waals surface area (Å²) in [5, 5.41) is 13.0. The molecule has 0 amide bonds. The first-order valence-electron chi connectivity index (χ1n) is 5.00. The molecule has 0 fully saturated rings. The van der Waals surface area contributed by atoms with Crippen molar-refractivity contribution in [2.75, 3.05) is 6.26 Å². The van der Waals surface area contributed by atoms with Gasteiger partial charge in [-0.3, -0.25) is 4.68 Å². The second-order valence-electron chi connectivity index (χ2n) is 5.04. The molecule has 1 atom stereocenters. The Hall–Kier alpha value is -1.37. The number of carbonyl (C=O) groups is 1. The van der Waals surface area contributed by atoms with Crippen LogP contribution in [0.4, 0.5) is 0 Å². The summed E-state index contributed by atoms with van der Waals surface area (Å²) in [5.41, 5.74) is -0.563. The number of hydrogen-bond acceptors (Lipinski definition) is 4. The summed E-state index contributed by atoms with van der Waals surface area (Å²) < 4.78 is 23.8. The molecule has 1 aromatic heterocycles. The van der Waals surface area contributed by atoms with Gasteiger partial charge < -0.3 is 5.11 Å². The maximum Gasteiger partial charge on any atom is 0.329 e. The first-order chi connectivity index (χ1) is 7.53. The molecule has 1 aromatic rings. The highest BCUT2D eigenvalue weighted by Gasteiger charge is 2.34. The van der Waals surface area contributed by atoms with Gasteiger partial charge in [0, 0.05) is 12.5 Å². The second kappa shape index (κ2) is 4.14. The topological polar surface area (TPSA) is 89.3 Å². The lowest BCUT2D eigenvalue weighted by Gasteiger charge is -2.26. The van der Waals surface area contributed by atoms with Crippen LogP contribution in [0.5, 0.6) is 0 Å². The van der Waals surface area contributed by atoms with Gasteiger partial charge in [-0.05, 0) is 5.41 Å². The fourth-order valence-corrected chi connectivity index (χ4v) is 2.07. The largest absolute Gasteiger partial charge is 0.480 e. The van der Waals surface area contributed by atoms with Crippen molar-refractivity contribution in [3.8, 4) is 0 Å². The molecular formula is C10H16N2O4S. The van der Waals surface area contributed by atoms with Gasteiger partial charge in [-0.1, -0.05) is 20.8 Å². The number of aliphatic carboxylic acids is 1. The van der Waals surface area contributed by atoms with Gasteiger partial charge in [0.1, 0.15) is 4.90 Å². The molecule has 17 heavy (non-hydrogen) atoms. The maximum absolute atomic E-state index is 11.3. The molecule has 96 valence electrons. The van der Waals surface area contributed by atoms with Crippen molar-refractivity contribution in [2.45, 2.75) is 31.7 Å². The predicted octanol–water partition coefficient (Wildman–Crippen LogP) is 0.958. The third-order valence-corrected chi connectivity index (χ3v) is 3.39. The van der Waals surface area contributed by atoms with E-state index >= 15 is 0 Å². The zero-order chi connectivity index (χ0) is 13.4. The summed E-state index contributed by atoms with van der Waals surface area (Å²) in [6.45, 7) is 5.27. The van der Waals surface area contributed by atoms with Crippen molar-refractivity contribution in [3.63, 3.8) is 0 Å². The fraction of sp³-hybridized carbons (Fsp3) is 0.600. The van der Waals surface area contributed by atoms with E-state index in [4.69, 9.17) is 5.11 Å². The molecule has 0 saturated carbocycles. The lowest BCUT2D eigenvalue weighted by atomic mass is 9.87. The van der Waals surface area contributed by atoms with Crippen molar-refractivity contribution in [1.29, 1.82) is 0 Å². The highest BCUT2D eigenvalue weighted by atomic mass is 32.2. The van der Waals surface area contributed by atoms with Crippen molar-refractivity contribution in [3.05, 3.63) is 12.4 Å². The van der Waals surface area contributed by atoms with Crippen LogP contribution in [0, 0.1) is 5.41 Å². The maximum atomic E-state index is 11.3. The Balaban J connectivity index is 3.23. The summed E-state index contributed by atoms with van der Waals surface area (Å²) in [5.74, 6) is -1.04. The molecule has 0 aromatic carbocycles. The first-order valence-corrected chi connectivity index (χ1v) is 6.89. The minimum atomic E-state index is -3.36. The van der Waals surface area contributed by atoms with Crippen LogP contribution in [0.3, 0.4) is 0 Å². The Morgan fingerprint density at radius 2 is 2.00 bits per heavy atom. The van der Waals surface area contributed by atoms with E-state index in [0.717, 1.165) is 12.5 Å². The van der Waals surface area contributed by atoms with Gasteiger partial charge in [-0.15, -0.1) is 0 Å². The standard InChI is InChI=1S/C10H16N2O4S/c1-10(2,3)8(9(13)14)12-6-7(5-11-12)17(4,15)16/h5-6,8H,1-4H3,(H,13,14). The van der Waals surface area contributed by atoms with E-state index in [-0.39, 0.29) is 4.90 Å². The van der Waals surface area contributed by atoms with Crippen molar-refractivity contribution in [2.24, 2.45) is 5.41 Å². The number of sulfone groups is 1. The molecule has 6 nitrogen and oxygen atoms in total. The Kier molecular flexibility index (Phi) is 3.33. The van der Waals surface area contributed by atoms with Crippen molar-refractivity contribution < 1.29 is 18.3 Å². The zero-order valence-corrected chi connectivity index (χ0v) is 11.0. The molecule has 0 aliphatic rings. The summed E-state index contributed by atoms with van der Waals surface area (Å²) in [6, 6.07) is -0.905. The van der Waals surface area contributed by atoms with Crippen LogP contribution in [-0.4, -0.2) is 35.5 Å². The van der Waals surface area contributed by atoms with Gasteiger partial charge in [-0.25, -0.2) is 13.2 Å². The normalized spacial score (nSPS) is 14.6. The zero-order valence-electron chi connectivity index (χ0n) is 10.2. The quantitative estimate of drug-likeness (QED) is 0.874. The summed E-state index contributed by atoms with van der Waals surface area (Å²) in [7, 11) is -3.36. The van der Waals surface area contributed by atoms with Crippen LogP contribution >= 0.6 is 0 Å². The molecule has 1 rings (SSSR count). The predicted molar refractivity (Wildman–Crippen MR) is 61.5 cm³/mol. The van der Waals surface area contributed by atoms with Gasteiger partial charge in [0.15, 0.2) is 15.9 Å². The second-order valence-corrected chi connectivity index (χ2v) is 7.05. The van der Waals surface area contributed by atoms with E-state index in [1.54, 1.807) is 20.8 Å². The third-order valence-electron chi connectivity index (χ3n) is 2.32. The van der Waals surface area contributed by atoms with Crippen molar-refractivity contribution >= 4 is 15.8 Å². The highest BCUT2D eigenvalue weighted by Crippen LogP contribution is 2.30. The Bertz CT molecular complexity index is 525. The average molecular weight is 260 g/mol. The molecule has 0 aliphatic heterocycles. The molecule has 0 bridgehead atoms. The van der Waals surface area contributed by atoms with Gasteiger partial charge in [0.05, 0.1) is 6.20 Å². The number of nitrogens with zero attached hydrogens (tertiary/aromatic N) is 2. The lowest BCUT2D eigenvalue weighted by Crippen LogP contribution is -2.31. The van der Waals surface area contributed by atoms with Gasteiger partial charge in [0.2, 0.25) is 0 Å². The smallest absolute Gasteiger partial charge is 0.329 e. The third kappa shape index (κ3) is 3.06. The number of aromatic nitrogens is 2. The number of hydrogen-bond donors (Lipinski definition) is 1. The Morgan fingerprint density at radius 3 is 2.29 bits per heavy atom. The van der Waals surface area contributed by atoms with E-state index in [0.29, 0.717) is 0 Å². The Morgan fingerprint density at radius 1 is 1.47 bits per heavy atom. The fourth-order valence-electron chi connectivity index (χ4n) is 1.53. The van der Waals surface area contributed by atoms with E-state index in [2.05, 4.69) is 5.10 Å². The van der Waals surface area contributed by atoms with Crippen LogP contribution in [-0.2, 0) is 14.6 Å². The minimum Gasteiger partial charge on any atom is -0.480 e. The summed E-state index contributed by atoms with van der Waals surface area (Å²) >= 11 is 0. The number of carboxylic acids is 1. The van der Waals surface area contributed by atoms with E-state index in [1.165, 1.54) is 10.9 Å². The molecule has 0 spiro atoms. The molecule has 1 N–H and O–H groups in total. The highest BCUT2D eigenvalue weighted by molar-refractivity contribution is 7.90. The molecule has 7 heteroatoms. The summed E-state index contributed by atoms with van der Waals surface area (Å²) in [4.78, 5) is 11.2. The molecule has 1 heterocycles.